The topological polar surface area (TPSA) is 21.3 Å². The highest BCUT2D eigenvalue weighted by Crippen LogP contribution is 2.38. The van der Waals surface area contributed by atoms with Gasteiger partial charge in [-0.15, -0.1) is 0 Å². The van der Waals surface area contributed by atoms with Crippen LogP contribution >= 0.6 is 0 Å². The number of likely N-dealkylation sites (N-methyl/N-ethyl adjacent to an activating group) is 1. The third-order valence-electron chi connectivity index (χ3n) is 4.21. The summed E-state index contributed by atoms with van der Waals surface area (Å²) in [6.07, 6.45) is -2.75. The van der Waals surface area contributed by atoms with Gasteiger partial charge in [-0.1, -0.05) is 26.0 Å². The Labute approximate surface area is 123 Å². The summed E-state index contributed by atoms with van der Waals surface area (Å²) in [7, 11) is 1.83. The molecule has 1 N–H and O–H groups in total. The number of halogens is 3. The van der Waals surface area contributed by atoms with Crippen LogP contribution in [0.5, 0.6) is 5.75 Å². The second-order valence-electron chi connectivity index (χ2n) is 6.03. The van der Waals surface area contributed by atoms with Crippen molar-refractivity contribution in [3.05, 3.63) is 29.8 Å². The molecule has 21 heavy (non-hydrogen) atoms. The number of para-hydroxylation sites is 1. The van der Waals surface area contributed by atoms with Crippen LogP contribution in [-0.4, -0.2) is 19.2 Å². The Morgan fingerprint density at radius 1 is 1.14 bits per heavy atom. The highest BCUT2D eigenvalue weighted by atomic mass is 19.4. The molecule has 0 spiro atoms. The molecule has 0 aliphatic heterocycles. The summed E-state index contributed by atoms with van der Waals surface area (Å²) in [4.78, 5) is 0. The Morgan fingerprint density at radius 3 is 2.43 bits per heavy atom. The standard InChI is InChI=1S/C16H22F3NO/c1-10-8-11(2)15(13(9-10)20-3)21-14-7-5-4-6-12(14)16(17,18)19/h4-7,10-11,13,15,20H,8-9H2,1-3H3. The third kappa shape index (κ3) is 3.70. The number of ether oxygens (including phenoxy) is 1. The maximum atomic E-state index is 13.0. The van der Waals surface area contributed by atoms with Gasteiger partial charge in [0.15, 0.2) is 0 Å². The summed E-state index contributed by atoms with van der Waals surface area (Å²) in [6, 6.07) is 5.51. The van der Waals surface area contributed by atoms with E-state index < -0.39 is 11.7 Å². The second-order valence-corrected chi connectivity index (χ2v) is 6.03. The molecular weight excluding hydrogens is 279 g/mol. The van der Waals surface area contributed by atoms with Gasteiger partial charge in [0, 0.05) is 6.04 Å². The molecule has 0 bridgehead atoms. The summed E-state index contributed by atoms with van der Waals surface area (Å²) in [5.41, 5.74) is -0.703. The van der Waals surface area contributed by atoms with Crippen molar-refractivity contribution in [2.45, 2.75) is 45.0 Å². The van der Waals surface area contributed by atoms with Crippen LogP contribution in [0.1, 0.15) is 32.3 Å². The van der Waals surface area contributed by atoms with Crippen LogP contribution in [-0.2, 0) is 6.18 Å². The van der Waals surface area contributed by atoms with Crippen LogP contribution in [0.3, 0.4) is 0 Å². The van der Waals surface area contributed by atoms with Crippen molar-refractivity contribution in [3.8, 4) is 5.75 Å². The van der Waals surface area contributed by atoms with E-state index in [1.165, 1.54) is 12.1 Å². The number of hydrogen-bond acceptors (Lipinski definition) is 2. The number of nitrogens with one attached hydrogen (secondary N) is 1. The summed E-state index contributed by atoms with van der Waals surface area (Å²) >= 11 is 0. The van der Waals surface area contributed by atoms with E-state index >= 15 is 0 Å². The Kier molecular flexibility index (Phi) is 4.81. The predicted octanol–water partition coefficient (Wildman–Crippen LogP) is 4.11. The lowest BCUT2D eigenvalue weighted by Crippen LogP contribution is -2.49. The van der Waals surface area contributed by atoms with Crippen LogP contribution in [0.15, 0.2) is 24.3 Å². The molecule has 2 nitrogen and oxygen atoms in total. The average Bonchev–Trinajstić information content (AvgIpc) is 2.41. The highest BCUT2D eigenvalue weighted by Gasteiger charge is 2.38. The summed E-state index contributed by atoms with van der Waals surface area (Å²) in [5, 5.41) is 3.19. The molecule has 4 atom stereocenters. The second kappa shape index (κ2) is 6.26. The molecular formula is C16H22F3NO. The van der Waals surface area contributed by atoms with Crippen LogP contribution < -0.4 is 10.1 Å². The van der Waals surface area contributed by atoms with Crippen molar-refractivity contribution in [1.29, 1.82) is 0 Å². The zero-order valence-corrected chi connectivity index (χ0v) is 12.6. The van der Waals surface area contributed by atoms with E-state index in [9.17, 15) is 13.2 Å². The van der Waals surface area contributed by atoms with Gasteiger partial charge in [-0.2, -0.15) is 13.2 Å². The van der Waals surface area contributed by atoms with E-state index in [1.807, 2.05) is 14.0 Å². The SMILES string of the molecule is CNC1CC(C)CC(C)C1Oc1ccccc1C(F)(F)F. The smallest absolute Gasteiger partial charge is 0.419 e. The first-order chi connectivity index (χ1) is 9.82. The van der Waals surface area contributed by atoms with Crippen molar-refractivity contribution in [2.24, 2.45) is 11.8 Å². The van der Waals surface area contributed by atoms with E-state index in [4.69, 9.17) is 4.74 Å². The molecule has 1 aliphatic rings. The monoisotopic (exact) mass is 301 g/mol. The van der Waals surface area contributed by atoms with Gasteiger partial charge in [-0.05, 0) is 43.9 Å². The van der Waals surface area contributed by atoms with Gasteiger partial charge in [-0.25, -0.2) is 0 Å². The highest BCUT2D eigenvalue weighted by molar-refractivity contribution is 5.36. The minimum atomic E-state index is -4.39. The number of benzene rings is 1. The normalized spacial score (nSPS) is 30.2. The van der Waals surface area contributed by atoms with Gasteiger partial charge in [-0.3, -0.25) is 0 Å². The molecule has 1 aliphatic carbocycles. The minimum Gasteiger partial charge on any atom is -0.488 e. The summed E-state index contributed by atoms with van der Waals surface area (Å²) in [5.74, 6) is 0.694. The Balaban J connectivity index is 2.24. The van der Waals surface area contributed by atoms with E-state index in [-0.39, 0.29) is 23.8 Å². The summed E-state index contributed by atoms with van der Waals surface area (Å²) < 4.78 is 44.9. The Morgan fingerprint density at radius 2 is 1.81 bits per heavy atom. The molecule has 1 aromatic rings. The maximum absolute atomic E-state index is 13.0. The van der Waals surface area contributed by atoms with Crippen LogP contribution in [0.4, 0.5) is 13.2 Å². The van der Waals surface area contributed by atoms with Crippen molar-refractivity contribution in [1.82, 2.24) is 5.32 Å². The molecule has 5 heteroatoms. The first kappa shape index (κ1) is 16.1. The molecule has 2 rings (SSSR count). The molecule has 0 amide bonds. The minimum absolute atomic E-state index is 0.0725. The molecule has 0 radical (unpaired) electrons. The fraction of sp³-hybridized carbons (Fsp3) is 0.625. The van der Waals surface area contributed by atoms with Crippen LogP contribution in [0.25, 0.3) is 0 Å². The molecule has 118 valence electrons. The number of alkyl halides is 3. The lowest BCUT2D eigenvalue weighted by Gasteiger charge is -2.39. The van der Waals surface area contributed by atoms with Gasteiger partial charge in [0.1, 0.15) is 11.9 Å². The molecule has 1 aromatic carbocycles. The van der Waals surface area contributed by atoms with Crippen LogP contribution in [0.2, 0.25) is 0 Å². The maximum Gasteiger partial charge on any atom is 0.419 e. The van der Waals surface area contributed by atoms with E-state index in [1.54, 1.807) is 6.07 Å². The molecule has 0 saturated heterocycles. The van der Waals surface area contributed by atoms with E-state index in [2.05, 4.69) is 12.2 Å². The predicted molar refractivity (Wildman–Crippen MR) is 76.3 cm³/mol. The summed E-state index contributed by atoms with van der Waals surface area (Å²) in [6.45, 7) is 4.21. The zero-order valence-electron chi connectivity index (χ0n) is 12.6. The van der Waals surface area contributed by atoms with Crippen molar-refractivity contribution in [3.63, 3.8) is 0 Å². The van der Waals surface area contributed by atoms with E-state index in [0.717, 1.165) is 18.9 Å². The average molecular weight is 301 g/mol. The van der Waals surface area contributed by atoms with Gasteiger partial charge < -0.3 is 10.1 Å². The number of hydrogen-bond donors (Lipinski definition) is 1. The first-order valence-electron chi connectivity index (χ1n) is 7.33. The third-order valence-corrected chi connectivity index (χ3v) is 4.21. The van der Waals surface area contributed by atoms with Gasteiger partial charge in [0.25, 0.3) is 0 Å². The van der Waals surface area contributed by atoms with Crippen molar-refractivity contribution < 1.29 is 17.9 Å². The van der Waals surface area contributed by atoms with Gasteiger partial charge in [0.2, 0.25) is 0 Å². The molecule has 0 heterocycles. The molecule has 1 saturated carbocycles. The largest absolute Gasteiger partial charge is 0.488 e. The lowest BCUT2D eigenvalue weighted by molar-refractivity contribution is -0.139. The van der Waals surface area contributed by atoms with E-state index in [0.29, 0.717) is 5.92 Å². The number of rotatable bonds is 3. The first-order valence-corrected chi connectivity index (χ1v) is 7.33. The Hall–Kier alpha value is -1.23. The van der Waals surface area contributed by atoms with Crippen LogP contribution in [0, 0.1) is 11.8 Å². The Bertz CT molecular complexity index is 475. The van der Waals surface area contributed by atoms with Crippen molar-refractivity contribution in [2.75, 3.05) is 7.05 Å². The van der Waals surface area contributed by atoms with Gasteiger partial charge >= 0.3 is 6.18 Å². The molecule has 1 fully saturated rings. The van der Waals surface area contributed by atoms with Crippen molar-refractivity contribution >= 4 is 0 Å². The molecule has 0 aromatic heterocycles. The lowest BCUT2D eigenvalue weighted by atomic mass is 9.78. The molecule has 4 unspecified atom stereocenters. The van der Waals surface area contributed by atoms with Gasteiger partial charge in [0.05, 0.1) is 5.56 Å². The fourth-order valence-corrected chi connectivity index (χ4v) is 3.26. The zero-order chi connectivity index (χ0) is 15.6. The quantitative estimate of drug-likeness (QED) is 0.907. The fourth-order valence-electron chi connectivity index (χ4n) is 3.26.